The Labute approximate surface area is 93.4 Å². The molecule has 0 aliphatic rings. The molecule has 2 heterocycles. The van der Waals surface area contributed by atoms with E-state index in [2.05, 4.69) is 9.36 Å². The van der Waals surface area contributed by atoms with E-state index >= 15 is 0 Å². The molecule has 0 radical (unpaired) electrons. The molecule has 0 aliphatic carbocycles. The number of rotatable bonds is 3. The molecule has 3 nitrogen and oxygen atoms in total. The van der Waals surface area contributed by atoms with E-state index in [0.29, 0.717) is 0 Å². The van der Waals surface area contributed by atoms with Crippen LogP contribution in [0, 0.1) is 6.92 Å². The van der Waals surface area contributed by atoms with E-state index in [4.69, 9.17) is 0 Å². The molecular weight excluding hydrogens is 236 g/mol. The minimum Gasteiger partial charge on any atom is -0.297 e. The molecule has 0 fully saturated rings. The first kappa shape index (κ1) is 9.82. The topological polar surface area (TPSA) is 42.9 Å². The smallest absolute Gasteiger partial charge is 0.175 e. The molecule has 14 heavy (non-hydrogen) atoms. The average molecular weight is 242 g/mol. The van der Waals surface area contributed by atoms with Crippen LogP contribution < -0.4 is 0 Å². The third kappa shape index (κ3) is 2.20. The van der Waals surface area contributed by atoms with Crippen LogP contribution in [0.15, 0.2) is 20.7 Å². The summed E-state index contributed by atoms with van der Waals surface area (Å²) in [6, 6.07) is 3.74. The summed E-state index contributed by atoms with van der Waals surface area (Å²) < 4.78 is 6.08. The molecule has 0 spiro atoms. The van der Waals surface area contributed by atoms with Gasteiger partial charge in [-0.15, -0.1) is 11.3 Å². The fraction of sp³-hybridized carbons (Fsp3) is 0.125. The van der Waals surface area contributed by atoms with Gasteiger partial charge in [0.1, 0.15) is 5.82 Å². The van der Waals surface area contributed by atoms with Crippen molar-refractivity contribution in [1.29, 1.82) is 0 Å². The Balaban J connectivity index is 2.14. The van der Waals surface area contributed by atoms with Gasteiger partial charge in [0.25, 0.3) is 0 Å². The molecule has 0 saturated heterocycles. The number of aryl methyl sites for hydroxylation is 1. The highest BCUT2D eigenvalue weighted by Gasteiger charge is 2.05. The zero-order valence-electron chi connectivity index (χ0n) is 7.26. The van der Waals surface area contributed by atoms with Crippen LogP contribution in [0.4, 0.5) is 0 Å². The molecule has 0 aliphatic heterocycles. The van der Waals surface area contributed by atoms with Crippen LogP contribution in [0.25, 0.3) is 0 Å². The van der Waals surface area contributed by atoms with Crippen LogP contribution >= 0.6 is 34.6 Å². The quantitative estimate of drug-likeness (QED) is 0.776. The molecule has 2 aromatic heterocycles. The lowest BCUT2D eigenvalue weighted by atomic mass is 10.5. The summed E-state index contributed by atoms with van der Waals surface area (Å²) >= 11 is 4.40. The van der Waals surface area contributed by atoms with Crippen LogP contribution in [0.5, 0.6) is 0 Å². The van der Waals surface area contributed by atoms with Crippen LogP contribution in [-0.2, 0) is 0 Å². The molecule has 0 atom stereocenters. The number of aromatic nitrogens is 2. The molecule has 0 saturated carbocycles. The Morgan fingerprint density at radius 1 is 1.50 bits per heavy atom. The fourth-order valence-corrected chi connectivity index (χ4v) is 3.70. The normalized spacial score (nSPS) is 10.4. The summed E-state index contributed by atoms with van der Waals surface area (Å²) in [5, 5.41) is 0. The fourth-order valence-electron chi connectivity index (χ4n) is 0.858. The average Bonchev–Trinajstić information content (AvgIpc) is 2.76. The standard InChI is InChI=1S/C8H6N2OS3/c1-5-9-8(14-10-5)13-7-3-2-6(4-11)12-7/h2-4H,1H3. The van der Waals surface area contributed by atoms with Crippen molar-refractivity contribution in [3.8, 4) is 0 Å². The van der Waals surface area contributed by atoms with E-state index < -0.39 is 0 Å². The van der Waals surface area contributed by atoms with Crippen molar-refractivity contribution < 1.29 is 4.79 Å². The van der Waals surface area contributed by atoms with Gasteiger partial charge in [0, 0.05) is 0 Å². The Hall–Kier alpha value is -0.720. The van der Waals surface area contributed by atoms with E-state index in [-0.39, 0.29) is 0 Å². The van der Waals surface area contributed by atoms with Crippen molar-refractivity contribution in [1.82, 2.24) is 9.36 Å². The number of aldehydes is 1. The van der Waals surface area contributed by atoms with Gasteiger partial charge in [-0.1, -0.05) is 0 Å². The molecule has 2 rings (SSSR count). The van der Waals surface area contributed by atoms with Crippen molar-refractivity contribution in [2.24, 2.45) is 0 Å². The van der Waals surface area contributed by atoms with E-state index in [9.17, 15) is 4.79 Å². The Morgan fingerprint density at radius 3 is 2.93 bits per heavy atom. The van der Waals surface area contributed by atoms with Gasteiger partial charge < -0.3 is 0 Å². The molecule has 0 N–H and O–H groups in total. The summed E-state index contributed by atoms with van der Waals surface area (Å²) in [5.74, 6) is 0.796. The number of carbonyl (C=O) groups is 1. The van der Waals surface area contributed by atoms with Crippen molar-refractivity contribution in [2.75, 3.05) is 0 Å². The minimum absolute atomic E-state index is 0.744. The van der Waals surface area contributed by atoms with Crippen LogP contribution in [0.3, 0.4) is 0 Å². The maximum absolute atomic E-state index is 10.5. The first-order chi connectivity index (χ1) is 6.78. The Morgan fingerprint density at radius 2 is 2.36 bits per heavy atom. The largest absolute Gasteiger partial charge is 0.297 e. The summed E-state index contributed by atoms with van der Waals surface area (Å²) in [6.45, 7) is 1.87. The van der Waals surface area contributed by atoms with Crippen molar-refractivity contribution in [3.63, 3.8) is 0 Å². The third-order valence-electron chi connectivity index (χ3n) is 1.42. The monoisotopic (exact) mass is 242 g/mol. The van der Waals surface area contributed by atoms with Crippen LogP contribution in [-0.4, -0.2) is 15.6 Å². The van der Waals surface area contributed by atoms with E-state index in [1.54, 1.807) is 11.8 Å². The van der Waals surface area contributed by atoms with E-state index in [1.165, 1.54) is 22.9 Å². The molecule has 72 valence electrons. The SMILES string of the molecule is Cc1nsc(Sc2ccc(C=O)s2)n1. The molecule has 2 aromatic rings. The zero-order chi connectivity index (χ0) is 9.97. The van der Waals surface area contributed by atoms with Gasteiger partial charge in [-0.05, 0) is 42.4 Å². The van der Waals surface area contributed by atoms with Gasteiger partial charge >= 0.3 is 0 Å². The van der Waals surface area contributed by atoms with Crippen LogP contribution in [0.2, 0.25) is 0 Å². The van der Waals surface area contributed by atoms with Crippen molar-refractivity contribution >= 4 is 40.9 Å². The Bertz CT molecular complexity index is 449. The molecule has 0 bridgehead atoms. The van der Waals surface area contributed by atoms with Gasteiger partial charge in [0.15, 0.2) is 10.6 Å². The number of carbonyl (C=O) groups excluding carboxylic acids is 1. The maximum Gasteiger partial charge on any atom is 0.175 e. The predicted molar refractivity (Wildman–Crippen MR) is 58.5 cm³/mol. The maximum atomic E-state index is 10.5. The van der Waals surface area contributed by atoms with Crippen molar-refractivity contribution in [2.45, 2.75) is 15.5 Å². The first-order valence-electron chi connectivity index (χ1n) is 3.81. The van der Waals surface area contributed by atoms with Gasteiger partial charge in [-0.2, -0.15) is 4.37 Å². The zero-order valence-corrected chi connectivity index (χ0v) is 9.71. The highest BCUT2D eigenvalue weighted by atomic mass is 32.2. The lowest BCUT2D eigenvalue weighted by Gasteiger charge is -1.87. The predicted octanol–water partition coefficient (Wildman–Crippen LogP) is 2.87. The molecule has 0 unspecified atom stereocenters. The second-order valence-corrected chi connectivity index (χ2v) is 5.90. The Kier molecular flexibility index (Phi) is 2.95. The third-order valence-corrected chi connectivity index (χ3v) is 4.40. The number of hydrogen-bond donors (Lipinski definition) is 0. The minimum atomic E-state index is 0.744. The highest BCUT2D eigenvalue weighted by Crippen LogP contribution is 2.33. The summed E-state index contributed by atoms with van der Waals surface area (Å²) in [5.41, 5.74) is 0. The van der Waals surface area contributed by atoms with Crippen molar-refractivity contribution in [3.05, 3.63) is 22.8 Å². The highest BCUT2D eigenvalue weighted by molar-refractivity contribution is 8.02. The lowest BCUT2D eigenvalue weighted by Crippen LogP contribution is -1.71. The summed E-state index contributed by atoms with van der Waals surface area (Å²) in [6.07, 6.45) is 0.861. The molecular formula is C8H6N2OS3. The first-order valence-corrected chi connectivity index (χ1v) is 6.22. The van der Waals surface area contributed by atoms with Crippen LogP contribution in [0.1, 0.15) is 15.5 Å². The molecule has 0 aromatic carbocycles. The number of nitrogens with zero attached hydrogens (tertiary/aromatic N) is 2. The van der Waals surface area contributed by atoms with Gasteiger partial charge in [0.05, 0.1) is 9.09 Å². The van der Waals surface area contributed by atoms with Gasteiger partial charge in [-0.3, -0.25) is 4.79 Å². The molecule has 6 heteroatoms. The number of hydrogen-bond acceptors (Lipinski definition) is 6. The second-order valence-electron chi connectivity index (χ2n) is 2.48. The summed E-state index contributed by atoms with van der Waals surface area (Å²) in [4.78, 5) is 15.4. The summed E-state index contributed by atoms with van der Waals surface area (Å²) in [7, 11) is 0. The van der Waals surface area contributed by atoms with Gasteiger partial charge in [-0.25, -0.2) is 4.98 Å². The molecule has 0 amide bonds. The second kappa shape index (κ2) is 4.20. The number of thiophene rings is 1. The lowest BCUT2D eigenvalue weighted by molar-refractivity contribution is 0.112. The van der Waals surface area contributed by atoms with Gasteiger partial charge in [0.2, 0.25) is 0 Å². The van der Waals surface area contributed by atoms with E-state index in [1.807, 2.05) is 19.1 Å². The van der Waals surface area contributed by atoms with E-state index in [0.717, 1.165) is 25.5 Å².